The summed E-state index contributed by atoms with van der Waals surface area (Å²) in [4.78, 5) is 0. The maximum Gasteiger partial charge on any atom is 0.214 e. The molecule has 1 fully saturated rings. The summed E-state index contributed by atoms with van der Waals surface area (Å²) in [5.74, 6) is 1.24. The monoisotopic (exact) mass is 329 g/mol. The van der Waals surface area contributed by atoms with Crippen molar-refractivity contribution in [3.05, 3.63) is 35.9 Å². The summed E-state index contributed by atoms with van der Waals surface area (Å²) in [5.41, 5.74) is 1.05. The number of halogens is 1. The second kappa shape index (κ2) is 7.61. The largest absolute Gasteiger partial charge is 0.214 e. The highest BCUT2D eigenvalue weighted by Crippen LogP contribution is 2.36. The molecule has 0 spiro atoms. The minimum Gasteiger partial charge on any atom is -0.212 e. The van der Waals surface area contributed by atoms with Crippen molar-refractivity contribution in [1.29, 1.82) is 0 Å². The SMILES string of the molecule is CC(C1CC1)N(Cc1ccccc1)S(=O)(=O)CCCCCl. The van der Waals surface area contributed by atoms with Crippen LogP contribution in [0.25, 0.3) is 0 Å². The number of rotatable bonds is 9. The standard InChI is InChI=1S/C16H24ClNO2S/c1-14(16-9-10-16)18(13-15-7-3-2-4-8-15)21(19,20)12-6-5-11-17/h2-4,7-8,14,16H,5-6,9-13H2,1H3. The molecule has 3 nitrogen and oxygen atoms in total. The fourth-order valence-corrected chi connectivity index (χ4v) is 4.59. The zero-order valence-electron chi connectivity index (χ0n) is 12.5. The van der Waals surface area contributed by atoms with Crippen molar-refractivity contribution in [3.8, 4) is 0 Å². The predicted molar refractivity (Wildman–Crippen MR) is 87.9 cm³/mol. The molecule has 1 aliphatic carbocycles. The van der Waals surface area contributed by atoms with Crippen molar-refractivity contribution in [1.82, 2.24) is 4.31 Å². The number of benzene rings is 1. The van der Waals surface area contributed by atoms with Gasteiger partial charge in [0.1, 0.15) is 0 Å². The lowest BCUT2D eigenvalue weighted by molar-refractivity contribution is 0.303. The van der Waals surface area contributed by atoms with Gasteiger partial charge < -0.3 is 0 Å². The molecule has 21 heavy (non-hydrogen) atoms. The zero-order valence-corrected chi connectivity index (χ0v) is 14.1. The normalized spacial score (nSPS) is 17.1. The zero-order chi connectivity index (χ0) is 15.3. The lowest BCUT2D eigenvalue weighted by Crippen LogP contribution is -2.40. The van der Waals surface area contributed by atoms with Crippen LogP contribution in [0.2, 0.25) is 0 Å². The van der Waals surface area contributed by atoms with Gasteiger partial charge in [-0.15, -0.1) is 11.6 Å². The predicted octanol–water partition coefficient (Wildman–Crippen LogP) is 3.64. The van der Waals surface area contributed by atoms with E-state index in [0.717, 1.165) is 24.8 Å². The number of hydrogen-bond acceptors (Lipinski definition) is 2. The first-order valence-corrected chi connectivity index (χ1v) is 9.78. The average molecular weight is 330 g/mol. The molecule has 0 bridgehead atoms. The van der Waals surface area contributed by atoms with E-state index in [4.69, 9.17) is 11.6 Å². The van der Waals surface area contributed by atoms with E-state index >= 15 is 0 Å². The van der Waals surface area contributed by atoms with Crippen LogP contribution in [-0.4, -0.2) is 30.4 Å². The summed E-state index contributed by atoms with van der Waals surface area (Å²) < 4.78 is 27.0. The molecule has 0 heterocycles. The van der Waals surface area contributed by atoms with Gasteiger partial charge in [0.15, 0.2) is 0 Å². The van der Waals surface area contributed by atoms with Crippen molar-refractivity contribution in [3.63, 3.8) is 0 Å². The Hall–Kier alpha value is -0.580. The van der Waals surface area contributed by atoms with Gasteiger partial charge in [-0.3, -0.25) is 0 Å². The number of unbranched alkanes of at least 4 members (excludes halogenated alkanes) is 1. The molecule has 1 unspecified atom stereocenters. The lowest BCUT2D eigenvalue weighted by atomic mass is 10.2. The molecule has 5 heteroatoms. The Balaban J connectivity index is 2.11. The minimum atomic E-state index is -3.22. The van der Waals surface area contributed by atoms with E-state index in [-0.39, 0.29) is 11.8 Å². The van der Waals surface area contributed by atoms with Crippen LogP contribution in [0.5, 0.6) is 0 Å². The Morgan fingerprint density at radius 1 is 1.24 bits per heavy atom. The van der Waals surface area contributed by atoms with Crippen LogP contribution >= 0.6 is 11.6 Å². The third-order valence-electron chi connectivity index (χ3n) is 4.08. The molecule has 0 saturated heterocycles. The van der Waals surface area contributed by atoms with E-state index in [1.807, 2.05) is 37.3 Å². The van der Waals surface area contributed by atoms with Crippen LogP contribution in [0.15, 0.2) is 30.3 Å². The van der Waals surface area contributed by atoms with Crippen LogP contribution < -0.4 is 0 Å². The maximum absolute atomic E-state index is 12.7. The van der Waals surface area contributed by atoms with Gasteiger partial charge in [0.05, 0.1) is 5.75 Å². The summed E-state index contributed by atoms with van der Waals surface area (Å²) in [6.07, 6.45) is 3.67. The molecule has 1 aromatic rings. The molecule has 1 aliphatic rings. The average Bonchev–Trinajstić information content (AvgIpc) is 3.30. The number of alkyl halides is 1. The first kappa shape index (κ1) is 16.8. The van der Waals surface area contributed by atoms with E-state index in [1.165, 1.54) is 0 Å². The van der Waals surface area contributed by atoms with Gasteiger partial charge >= 0.3 is 0 Å². The minimum absolute atomic E-state index is 0.0891. The van der Waals surface area contributed by atoms with Gasteiger partial charge in [-0.25, -0.2) is 8.42 Å². The Bertz CT molecular complexity index is 528. The van der Waals surface area contributed by atoms with E-state index in [9.17, 15) is 8.42 Å². The molecule has 0 aliphatic heterocycles. The van der Waals surface area contributed by atoms with Gasteiger partial charge in [-0.1, -0.05) is 30.3 Å². The molecule has 1 atom stereocenters. The highest BCUT2D eigenvalue weighted by Gasteiger charge is 2.37. The number of hydrogen-bond donors (Lipinski definition) is 0. The smallest absolute Gasteiger partial charge is 0.212 e. The summed E-state index contributed by atoms with van der Waals surface area (Å²) >= 11 is 5.65. The topological polar surface area (TPSA) is 37.4 Å². The Morgan fingerprint density at radius 2 is 1.90 bits per heavy atom. The molecule has 2 rings (SSSR count). The third-order valence-corrected chi connectivity index (χ3v) is 6.33. The summed E-state index contributed by atoms with van der Waals surface area (Å²) in [6.45, 7) is 2.52. The van der Waals surface area contributed by atoms with Crippen LogP contribution in [-0.2, 0) is 16.6 Å². The lowest BCUT2D eigenvalue weighted by Gasteiger charge is -2.28. The first-order valence-electron chi connectivity index (χ1n) is 7.64. The van der Waals surface area contributed by atoms with Crippen molar-refractivity contribution < 1.29 is 8.42 Å². The van der Waals surface area contributed by atoms with Crippen molar-refractivity contribution in [2.45, 2.75) is 45.2 Å². The summed E-state index contributed by atoms with van der Waals surface area (Å²) in [5, 5.41) is 0. The highest BCUT2D eigenvalue weighted by atomic mass is 35.5. The van der Waals surface area contributed by atoms with E-state index in [0.29, 0.717) is 24.8 Å². The van der Waals surface area contributed by atoms with Crippen molar-refractivity contribution in [2.75, 3.05) is 11.6 Å². The summed E-state index contributed by atoms with van der Waals surface area (Å²) in [6, 6.07) is 9.92. The molecule has 0 N–H and O–H groups in total. The van der Waals surface area contributed by atoms with Gasteiger partial charge in [-0.2, -0.15) is 4.31 Å². The van der Waals surface area contributed by atoms with Crippen LogP contribution in [0.4, 0.5) is 0 Å². The van der Waals surface area contributed by atoms with Crippen molar-refractivity contribution in [2.24, 2.45) is 5.92 Å². The van der Waals surface area contributed by atoms with Gasteiger partial charge in [0, 0.05) is 18.5 Å². The molecule has 0 radical (unpaired) electrons. The Labute approximate surface area is 133 Å². The molecule has 0 aromatic heterocycles. The second-order valence-corrected chi connectivity index (χ2v) is 8.24. The van der Waals surface area contributed by atoms with Gasteiger partial charge in [0.2, 0.25) is 10.0 Å². The molecule has 1 aromatic carbocycles. The fraction of sp³-hybridized carbons (Fsp3) is 0.625. The van der Waals surface area contributed by atoms with Crippen molar-refractivity contribution >= 4 is 21.6 Å². The molecule has 1 saturated carbocycles. The van der Waals surface area contributed by atoms with E-state index in [1.54, 1.807) is 4.31 Å². The first-order chi connectivity index (χ1) is 10.0. The van der Waals surface area contributed by atoms with Crippen LogP contribution in [0, 0.1) is 5.92 Å². The fourth-order valence-electron chi connectivity index (χ4n) is 2.57. The van der Waals surface area contributed by atoms with E-state index < -0.39 is 10.0 Å². The maximum atomic E-state index is 12.7. The highest BCUT2D eigenvalue weighted by molar-refractivity contribution is 7.89. The molecule has 0 amide bonds. The molecular weight excluding hydrogens is 306 g/mol. The number of nitrogens with zero attached hydrogens (tertiary/aromatic N) is 1. The van der Waals surface area contributed by atoms with Crippen LogP contribution in [0.1, 0.15) is 38.2 Å². The number of sulfonamides is 1. The quantitative estimate of drug-likeness (QED) is 0.512. The van der Waals surface area contributed by atoms with E-state index in [2.05, 4.69) is 0 Å². The Morgan fingerprint density at radius 3 is 2.48 bits per heavy atom. The van der Waals surface area contributed by atoms with Gasteiger partial charge in [0.25, 0.3) is 0 Å². The second-order valence-electron chi connectivity index (χ2n) is 5.82. The van der Waals surface area contributed by atoms with Crippen LogP contribution in [0.3, 0.4) is 0 Å². The third kappa shape index (κ3) is 4.97. The summed E-state index contributed by atoms with van der Waals surface area (Å²) in [7, 11) is -3.22. The van der Waals surface area contributed by atoms with Gasteiger partial charge in [-0.05, 0) is 44.1 Å². The Kier molecular flexibility index (Phi) is 6.08. The molecular formula is C16H24ClNO2S. The molecule has 118 valence electrons.